The van der Waals surface area contributed by atoms with E-state index in [1.165, 1.54) is 25.7 Å². The smallest absolute Gasteiger partial charge is 0.253 e. The lowest BCUT2D eigenvalue weighted by atomic mass is 9.83. The highest BCUT2D eigenvalue weighted by molar-refractivity contribution is 4.73. The zero-order valence-electron chi connectivity index (χ0n) is 9.10. The van der Waals surface area contributed by atoms with Crippen LogP contribution in [0, 0.1) is 11.8 Å². The van der Waals surface area contributed by atoms with Crippen molar-refractivity contribution < 1.29 is 8.78 Å². The van der Waals surface area contributed by atoms with E-state index in [4.69, 9.17) is 0 Å². The Morgan fingerprint density at radius 1 is 1.21 bits per heavy atom. The molecule has 0 aromatic rings. The van der Waals surface area contributed by atoms with Crippen molar-refractivity contribution in [2.75, 3.05) is 6.54 Å². The monoisotopic (exact) mass is 205 g/mol. The van der Waals surface area contributed by atoms with Crippen LogP contribution < -0.4 is 5.32 Å². The number of halogens is 2. The lowest BCUT2D eigenvalue weighted by molar-refractivity contribution is 0.102. The minimum absolute atomic E-state index is 0.618. The van der Waals surface area contributed by atoms with Crippen molar-refractivity contribution in [3.05, 3.63) is 0 Å². The molecule has 1 aliphatic carbocycles. The Labute approximate surface area is 85.3 Å². The summed E-state index contributed by atoms with van der Waals surface area (Å²) >= 11 is 0. The van der Waals surface area contributed by atoms with Gasteiger partial charge in [-0.15, -0.1) is 0 Å². The average molecular weight is 205 g/mol. The maximum absolute atomic E-state index is 12.2. The van der Waals surface area contributed by atoms with E-state index >= 15 is 0 Å². The molecule has 1 saturated carbocycles. The van der Waals surface area contributed by atoms with E-state index in [2.05, 4.69) is 12.2 Å². The molecule has 1 N–H and O–H groups in total. The molecule has 3 heteroatoms. The third kappa shape index (κ3) is 3.91. The van der Waals surface area contributed by atoms with E-state index < -0.39 is 12.5 Å². The van der Waals surface area contributed by atoms with Gasteiger partial charge in [0, 0.05) is 0 Å². The van der Waals surface area contributed by atoms with Crippen LogP contribution in [0.1, 0.15) is 39.5 Å². The summed E-state index contributed by atoms with van der Waals surface area (Å²) in [5, 5.41) is 2.92. The fraction of sp³-hybridized carbons (Fsp3) is 1.00. The summed E-state index contributed by atoms with van der Waals surface area (Å²) in [6, 6.07) is -0.658. The Hall–Kier alpha value is -0.180. The Morgan fingerprint density at radius 2 is 1.79 bits per heavy atom. The molecule has 0 saturated heterocycles. The van der Waals surface area contributed by atoms with Gasteiger partial charge in [-0.25, -0.2) is 8.78 Å². The zero-order valence-corrected chi connectivity index (χ0v) is 9.10. The highest BCUT2D eigenvalue weighted by Gasteiger charge is 2.20. The van der Waals surface area contributed by atoms with Gasteiger partial charge in [0.1, 0.15) is 0 Å². The van der Waals surface area contributed by atoms with Crippen molar-refractivity contribution in [1.82, 2.24) is 5.32 Å². The van der Waals surface area contributed by atoms with E-state index in [1.54, 1.807) is 6.92 Å². The molecular weight excluding hydrogens is 184 g/mol. The molecule has 0 aromatic heterocycles. The highest BCUT2D eigenvalue weighted by atomic mass is 19.3. The van der Waals surface area contributed by atoms with Crippen LogP contribution in [-0.4, -0.2) is 19.0 Å². The van der Waals surface area contributed by atoms with E-state index in [1.807, 2.05) is 0 Å². The second-order valence-electron chi connectivity index (χ2n) is 4.66. The van der Waals surface area contributed by atoms with Gasteiger partial charge in [0.2, 0.25) is 0 Å². The molecule has 1 fully saturated rings. The van der Waals surface area contributed by atoms with Crippen LogP contribution >= 0.6 is 0 Å². The number of hydrogen-bond donors (Lipinski definition) is 1. The van der Waals surface area contributed by atoms with Gasteiger partial charge >= 0.3 is 0 Å². The van der Waals surface area contributed by atoms with Crippen molar-refractivity contribution in [2.45, 2.75) is 52.0 Å². The van der Waals surface area contributed by atoms with Crippen LogP contribution in [0.2, 0.25) is 0 Å². The van der Waals surface area contributed by atoms with Gasteiger partial charge in [0.05, 0.1) is 6.04 Å². The van der Waals surface area contributed by atoms with Crippen molar-refractivity contribution in [1.29, 1.82) is 0 Å². The molecule has 0 amide bonds. The molecule has 84 valence electrons. The lowest BCUT2D eigenvalue weighted by Gasteiger charge is -2.27. The predicted molar refractivity (Wildman–Crippen MR) is 54.6 cm³/mol. The molecule has 0 aromatic carbocycles. The molecule has 1 atom stereocenters. The lowest BCUT2D eigenvalue weighted by Crippen LogP contribution is -2.37. The molecule has 0 heterocycles. The van der Waals surface area contributed by atoms with Gasteiger partial charge in [-0.2, -0.15) is 0 Å². The second-order valence-corrected chi connectivity index (χ2v) is 4.66. The summed E-state index contributed by atoms with van der Waals surface area (Å²) in [5.74, 6) is 1.45. The van der Waals surface area contributed by atoms with Crippen molar-refractivity contribution in [2.24, 2.45) is 11.8 Å². The van der Waals surface area contributed by atoms with Gasteiger partial charge in [0.25, 0.3) is 6.43 Å². The molecule has 0 spiro atoms. The Morgan fingerprint density at radius 3 is 2.29 bits per heavy atom. The minimum Gasteiger partial charge on any atom is -0.309 e. The largest absolute Gasteiger partial charge is 0.309 e. The Bertz CT molecular complexity index is 153. The van der Waals surface area contributed by atoms with E-state index in [0.717, 1.165) is 12.5 Å². The summed E-state index contributed by atoms with van der Waals surface area (Å²) in [4.78, 5) is 0. The Kier molecular flexibility index (Phi) is 4.79. The van der Waals surface area contributed by atoms with Gasteiger partial charge in [-0.3, -0.25) is 0 Å². The predicted octanol–water partition coefficient (Wildman–Crippen LogP) is 3.06. The Balaban J connectivity index is 2.13. The first-order chi connectivity index (χ1) is 6.59. The quantitative estimate of drug-likeness (QED) is 0.743. The van der Waals surface area contributed by atoms with Crippen LogP contribution in [0.4, 0.5) is 8.78 Å². The van der Waals surface area contributed by atoms with Crippen LogP contribution in [-0.2, 0) is 0 Å². The fourth-order valence-corrected chi connectivity index (χ4v) is 1.97. The maximum atomic E-state index is 12.2. The van der Waals surface area contributed by atoms with Crippen molar-refractivity contribution in [3.63, 3.8) is 0 Å². The number of hydrogen-bond acceptors (Lipinski definition) is 1. The molecule has 0 aliphatic heterocycles. The van der Waals surface area contributed by atoms with Gasteiger partial charge in [0.15, 0.2) is 0 Å². The van der Waals surface area contributed by atoms with Crippen molar-refractivity contribution in [3.8, 4) is 0 Å². The highest BCUT2D eigenvalue weighted by Crippen LogP contribution is 2.27. The van der Waals surface area contributed by atoms with Gasteiger partial charge in [-0.05, 0) is 38.1 Å². The minimum atomic E-state index is -2.24. The maximum Gasteiger partial charge on any atom is 0.253 e. The molecule has 1 unspecified atom stereocenters. The molecule has 14 heavy (non-hydrogen) atoms. The zero-order chi connectivity index (χ0) is 10.6. The van der Waals surface area contributed by atoms with Gasteiger partial charge in [-0.1, -0.05) is 19.8 Å². The van der Waals surface area contributed by atoms with Crippen LogP contribution in [0.25, 0.3) is 0 Å². The van der Waals surface area contributed by atoms with E-state index in [9.17, 15) is 8.78 Å². The molecule has 0 radical (unpaired) electrons. The normalized spacial score (nSPS) is 30.6. The third-order valence-electron chi connectivity index (χ3n) is 3.24. The molecule has 1 nitrogen and oxygen atoms in total. The van der Waals surface area contributed by atoms with Gasteiger partial charge < -0.3 is 5.32 Å². The number of nitrogens with one attached hydrogen (secondary N) is 1. The topological polar surface area (TPSA) is 12.0 Å². The number of rotatable bonds is 4. The SMILES string of the molecule is CC1CCC(CNC(C)C(F)F)CC1. The molecule has 0 bridgehead atoms. The average Bonchev–Trinajstić information content (AvgIpc) is 2.16. The van der Waals surface area contributed by atoms with E-state index in [0.29, 0.717) is 5.92 Å². The standard InChI is InChI=1S/C11H21F2N/c1-8-3-5-10(6-4-8)7-14-9(2)11(12)13/h8-11,14H,3-7H2,1-2H3. The third-order valence-corrected chi connectivity index (χ3v) is 3.24. The summed E-state index contributed by atoms with van der Waals surface area (Å²) in [7, 11) is 0. The van der Waals surface area contributed by atoms with E-state index in [-0.39, 0.29) is 0 Å². The first kappa shape index (κ1) is 11.9. The summed E-state index contributed by atoms with van der Waals surface area (Å²) in [6.07, 6.45) is 2.68. The summed E-state index contributed by atoms with van der Waals surface area (Å²) < 4.78 is 24.4. The first-order valence-corrected chi connectivity index (χ1v) is 5.61. The summed E-state index contributed by atoms with van der Waals surface area (Å²) in [6.45, 7) is 4.58. The second kappa shape index (κ2) is 5.64. The van der Waals surface area contributed by atoms with Crippen LogP contribution in [0.5, 0.6) is 0 Å². The molecule has 1 rings (SSSR count). The van der Waals surface area contributed by atoms with Crippen molar-refractivity contribution >= 4 is 0 Å². The fourth-order valence-electron chi connectivity index (χ4n) is 1.97. The first-order valence-electron chi connectivity index (χ1n) is 5.61. The molecular formula is C11H21F2N. The summed E-state index contributed by atoms with van der Waals surface area (Å²) in [5.41, 5.74) is 0. The number of alkyl halides is 2. The van der Waals surface area contributed by atoms with Crippen LogP contribution in [0.3, 0.4) is 0 Å². The molecule has 1 aliphatic rings. The van der Waals surface area contributed by atoms with Crippen LogP contribution in [0.15, 0.2) is 0 Å².